The van der Waals surface area contributed by atoms with Crippen LogP contribution in [0, 0.1) is 0 Å². The third kappa shape index (κ3) is 5.04. The molecule has 2 aromatic rings. The van der Waals surface area contributed by atoms with Crippen LogP contribution in [0.4, 0.5) is 10.5 Å². The number of urea groups is 1. The lowest BCUT2D eigenvalue weighted by atomic mass is 10.1. The van der Waals surface area contributed by atoms with Gasteiger partial charge in [-0.3, -0.25) is 9.78 Å². The summed E-state index contributed by atoms with van der Waals surface area (Å²) in [6.45, 7) is 2.04. The van der Waals surface area contributed by atoms with Gasteiger partial charge >= 0.3 is 6.03 Å². The number of carbonyl (C=O) groups is 2. The number of nitrogens with one attached hydrogen (secondary N) is 2. The van der Waals surface area contributed by atoms with Gasteiger partial charge in [-0.05, 0) is 41.8 Å². The van der Waals surface area contributed by atoms with Crippen LogP contribution >= 0.6 is 0 Å². The van der Waals surface area contributed by atoms with E-state index in [9.17, 15) is 9.59 Å². The summed E-state index contributed by atoms with van der Waals surface area (Å²) < 4.78 is 0. The van der Waals surface area contributed by atoms with Crippen LogP contribution in [0.5, 0.6) is 0 Å². The minimum Gasteiger partial charge on any atom is -0.359 e. The second kappa shape index (κ2) is 8.82. The minimum atomic E-state index is -0.178. The highest BCUT2D eigenvalue weighted by Crippen LogP contribution is 2.23. The van der Waals surface area contributed by atoms with Crippen LogP contribution in [0.15, 0.2) is 48.8 Å². The molecule has 0 aliphatic rings. The van der Waals surface area contributed by atoms with Crippen LogP contribution in [-0.4, -0.2) is 35.9 Å². The summed E-state index contributed by atoms with van der Waals surface area (Å²) >= 11 is 0. The lowest BCUT2D eigenvalue weighted by molar-refractivity contribution is -0.119. The molecule has 0 saturated carbocycles. The van der Waals surface area contributed by atoms with Crippen molar-refractivity contribution in [3.05, 3.63) is 59.9 Å². The van der Waals surface area contributed by atoms with Crippen LogP contribution in [-0.2, 0) is 11.2 Å². The summed E-state index contributed by atoms with van der Waals surface area (Å²) in [6, 6.07) is 10.9. The Bertz CT molecular complexity index is 701. The zero-order valence-electron chi connectivity index (χ0n) is 14.8. The second-order valence-electron chi connectivity index (χ2n) is 5.79. The van der Waals surface area contributed by atoms with Gasteiger partial charge in [0.1, 0.15) is 0 Å². The Kier molecular flexibility index (Phi) is 6.51. The molecule has 132 valence electrons. The van der Waals surface area contributed by atoms with Crippen molar-refractivity contribution in [2.45, 2.75) is 25.8 Å². The fourth-order valence-corrected chi connectivity index (χ4v) is 2.65. The Morgan fingerprint density at radius 3 is 2.32 bits per heavy atom. The average Bonchev–Trinajstić information content (AvgIpc) is 2.64. The SMILES string of the molecule is CC[C@@H](c1ccncc1)N(C)C(=O)Nc1ccc(CC(=O)NC)cc1. The molecule has 0 saturated heterocycles. The van der Waals surface area contributed by atoms with Gasteiger partial charge in [-0.2, -0.15) is 0 Å². The van der Waals surface area contributed by atoms with Gasteiger partial charge in [0, 0.05) is 32.2 Å². The van der Waals surface area contributed by atoms with Crippen LogP contribution in [0.3, 0.4) is 0 Å². The Morgan fingerprint density at radius 2 is 1.76 bits per heavy atom. The molecule has 2 rings (SSSR count). The zero-order valence-corrected chi connectivity index (χ0v) is 14.8. The molecule has 0 bridgehead atoms. The molecule has 0 fully saturated rings. The first-order chi connectivity index (χ1) is 12.0. The van der Waals surface area contributed by atoms with Crippen molar-refractivity contribution in [1.29, 1.82) is 0 Å². The fraction of sp³-hybridized carbons (Fsp3) is 0.316. The third-order valence-corrected chi connectivity index (χ3v) is 4.11. The molecule has 3 amide bonds. The fourth-order valence-electron chi connectivity index (χ4n) is 2.65. The summed E-state index contributed by atoms with van der Waals surface area (Å²) in [7, 11) is 3.39. The van der Waals surface area contributed by atoms with Crippen molar-refractivity contribution in [1.82, 2.24) is 15.2 Å². The first-order valence-electron chi connectivity index (χ1n) is 8.28. The number of hydrogen-bond acceptors (Lipinski definition) is 3. The number of hydrogen-bond donors (Lipinski definition) is 2. The number of pyridine rings is 1. The van der Waals surface area contributed by atoms with Crippen molar-refractivity contribution in [3.8, 4) is 0 Å². The maximum Gasteiger partial charge on any atom is 0.322 e. The van der Waals surface area contributed by atoms with Gasteiger partial charge in [0.25, 0.3) is 0 Å². The molecule has 6 nitrogen and oxygen atoms in total. The summed E-state index contributed by atoms with van der Waals surface area (Å²) in [5.41, 5.74) is 2.65. The topological polar surface area (TPSA) is 74.3 Å². The highest BCUT2D eigenvalue weighted by atomic mass is 16.2. The molecular weight excluding hydrogens is 316 g/mol. The number of nitrogens with zero attached hydrogens (tertiary/aromatic N) is 2. The number of rotatable bonds is 6. The van der Waals surface area contributed by atoms with E-state index in [1.165, 1.54) is 0 Å². The van der Waals surface area contributed by atoms with Gasteiger partial charge < -0.3 is 15.5 Å². The third-order valence-electron chi connectivity index (χ3n) is 4.11. The predicted molar refractivity (Wildman–Crippen MR) is 98.3 cm³/mol. The molecular formula is C19H24N4O2. The predicted octanol–water partition coefficient (Wildman–Crippen LogP) is 2.99. The first kappa shape index (κ1) is 18.4. The molecule has 1 heterocycles. The van der Waals surface area contributed by atoms with Gasteiger partial charge in [-0.15, -0.1) is 0 Å². The normalized spacial score (nSPS) is 11.5. The standard InChI is InChI=1S/C19H24N4O2/c1-4-17(15-9-11-21-12-10-15)23(3)19(25)22-16-7-5-14(6-8-16)13-18(24)20-2/h5-12,17H,4,13H2,1-3H3,(H,20,24)(H,22,25)/t17-/m0/s1. The molecule has 0 spiro atoms. The van der Waals surface area contributed by atoms with Crippen LogP contribution in [0.1, 0.15) is 30.5 Å². The molecule has 1 aromatic carbocycles. The average molecular weight is 340 g/mol. The largest absolute Gasteiger partial charge is 0.359 e. The molecule has 0 aliphatic heterocycles. The summed E-state index contributed by atoms with van der Waals surface area (Å²) in [6.07, 6.45) is 4.59. The monoisotopic (exact) mass is 340 g/mol. The molecule has 2 N–H and O–H groups in total. The van der Waals surface area contributed by atoms with E-state index >= 15 is 0 Å². The van der Waals surface area contributed by atoms with E-state index in [1.54, 1.807) is 43.5 Å². The Hall–Kier alpha value is -2.89. The van der Waals surface area contributed by atoms with E-state index in [1.807, 2.05) is 31.2 Å². The minimum absolute atomic E-state index is 0.0180. The van der Waals surface area contributed by atoms with Gasteiger partial charge in [-0.1, -0.05) is 19.1 Å². The lowest BCUT2D eigenvalue weighted by Crippen LogP contribution is -2.34. The smallest absolute Gasteiger partial charge is 0.322 e. The molecule has 1 aromatic heterocycles. The lowest BCUT2D eigenvalue weighted by Gasteiger charge is -2.27. The highest BCUT2D eigenvalue weighted by Gasteiger charge is 2.20. The van der Waals surface area contributed by atoms with E-state index in [0.29, 0.717) is 12.1 Å². The van der Waals surface area contributed by atoms with Gasteiger partial charge in [0.05, 0.1) is 12.5 Å². The number of carbonyl (C=O) groups excluding carboxylic acids is 2. The second-order valence-corrected chi connectivity index (χ2v) is 5.79. The molecule has 25 heavy (non-hydrogen) atoms. The van der Waals surface area contributed by atoms with Crippen molar-refractivity contribution in [3.63, 3.8) is 0 Å². The van der Waals surface area contributed by atoms with E-state index in [-0.39, 0.29) is 18.0 Å². The number of benzene rings is 1. The Morgan fingerprint density at radius 1 is 1.12 bits per heavy atom. The molecule has 1 atom stereocenters. The van der Waals surface area contributed by atoms with E-state index in [0.717, 1.165) is 17.5 Å². The summed E-state index contributed by atoms with van der Waals surface area (Å²) in [5, 5.41) is 5.48. The molecule has 0 aliphatic carbocycles. The Labute approximate surface area is 148 Å². The Balaban J connectivity index is 2.01. The maximum atomic E-state index is 12.5. The van der Waals surface area contributed by atoms with Crippen molar-refractivity contribution >= 4 is 17.6 Å². The number of amides is 3. The van der Waals surface area contributed by atoms with Crippen LogP contribution in [0.2, 0.25) is 0 Å². The molecule has 0 radical (unpaired) electrons. The van der Waals surface area contributed by atoms with E-state index in [4.69, 9.17) is 0 Å². The van der Waals surface area contributed by atoms with E-state index < -0.39 is 0 Å². The zero-order chi connectivity index (χ0) is 18.2. The van der Waals surface area contributed by atoms with Crippen LogP contribution in [0.25, 0.3) is 0 Å². The van der Waals surface area contributed by atoms with Gasteiger partial charge in [0.15, 0.2) is 0 Å². The molecule has 6 heteroatoms. The van der Waals surface area contributed by atoms with Crippen molar-refractivity contribution in [2.24, 2.45) is 0 Å². The van der Waals surface area contributed by atoms with Gasteiger partial charge in [-0.25, -0.2) is 4.79 Å². The number of anilines is 1. The molecule has 0 unspecified atom stereocenters. The van der Waals surface area contributed by atoms with Crippen molar-refractivity contribution < 1.29 is 9.59 Å². The highest BCUT2D eigenvalue weighted by molar-refractivity contribution is 5.89. The quantitative estimate of drug-likeness (QED) is 0.849. The van der Waals surface area contributed by atoms with Crippen LogP contribution < -0.4 is 10.6 Å². The van der Waals surface area contributed by atoms with Gasteiger partial charge in [0.2, 0.25) is 5.91 Å². The van der Waals surface area contributed by atoms with Crippen molar-refractivity contribution in [2.75, 3.05) is 19.4 Å². The summed E-state index contributed by atoms with van der Waals surface area (Å²) in [4.78, 5) is 29.6. The maximum absolute atomic E-state index is 12.5. The summed E-state index contributed by atoms with van der Waals surface area (Å²) in [5.74, 6) is -0.0420. The number of likely N-dealkylation sites (N-methyl/N-ethyl adjacent to an activating group) is 1. The number of aromatic nitrogens is 1. The first-order valence-corrected chi connectivity index (χ1v) is 8.28. The van der Waals surface area contributed by atoms with E-state index in [2.05, 4.69) is 15.6 Å².